The second-order valence-electron chi connectivity index (χ2n) is 23.4. The monoisotopic (exact) mass is 1940 g/mol. The molecular weight excluding hydrogens is 1820 g/mol. The lowest BCUT2D eigenvalue weighted by Crippen LogP contribution is -2.49. The van der Waals surface area contributed by atoms with E-state index in [1.165, 1.54) is 63.7 Å². The first-order valence-corrected chi connectivity index (χ1v) is 49.4. The van der Waals surface area contributed by atoms with Gasteiger partial charge in [-0.1, -0.05) is 69.4 Å². The molecule has 0 bridgehead atoms. The number of thioether (sulfide) groups is 12. The summed E-state index contributed by atoms with van der Waals surface area (Å²) in [6.45, 7) is 10.5. The third-order valence-electron chi connectivity index (χ3n) is 13.8. The average molecular weight is 1940 g/mol. The second-order valence-corrected chi connectivity index (χ2v) is 37.7. The number of phenolic OH excluding ortho intramolecular Hbond substituents is 1. The summed E-state index contributed by atoms with van der Waals surface area (Å²) in [5.41, 5.74) is 16.0. The van der Waals surface area contributed by atoms with Crippen LogP contribution in [-0.2, 0) is 24.2 Å². The Bertz CT molecular complexity index is 3650. The Morgan fingerprint density at radius 1 is 0.541 bits per heavy atom. The van der Waals surface area contributed by atoms with Crippen molar-refractivity contribution in [3.05, 3.63) is 175 Å². The highest BCUT2D eigenvalue weighted by Gasteiger charge is 2.36. The van der Waals surface area contributed by atoms with E-state index >= 15 is 0 Å². The maximum Gasteiger partial charge on any atom is 0.338 e. The van der Waals surface area contributed by atoms with E-state index in [-0.39, 0.29) is 76.5 Å². The maximum absolute atomic E-state index is 10.7. The van der Waals surface area contributed by atoms with Crippen LogP contribution in [0.25, 0.3) is 0 Å². The minimum absolute atomic E-state index is 0.0294. The molecule has 0 radical (unpaired) electrons. The summed E-state index contributed by atoms with van der Waals surface area (Å²) in [4.78, 5) is 71.5. The first kappa shape index (κ1) is 118. The molecule has 4 aromatic carbocycles. The molecule has 44 heteroatoms. The molecule has 6 aromatic rings. The molecule has 1 aliphatic rings. The van der Waals surface area contributed by atoms with Gasteiger partial charge in [0.25, 0.3) is 0 Å². The van der Waals surface area contributed by atoms with Gasteiger partial charge in [-0.15, -0.1) is 82.3 Å². The van der Waals surface area contributed by atoms with Crippen molar-refractivity contribution < 1.29 is 135 Å². The number of aliphatic carboxylic acids is 3. The average Bonchev–Trinajstić information content (AvgIpc) is 0.942. The SMILES string of the molecule is C=C(OO)SCC(N)C(=O)O.CCSCC(O)CSCC.CCSc1ccc(O)cc1.CCSc1ccccc1C(=O)O.CSc1ncccc1C(=O)O.N/C=C(\CSCC(N)C(=O)O)OO.O=C(O)CSc1ccccn1.OCC(O)C(O)C(O)C(O)C1SCCCS1.OCC(O)COc1ccc(SCCSc2ccc(OCC(O)CO)cc2)cc1. The quantitative estimate of drug-likeness (QED) is 0.00555. The zero-order chi connectivity index (χ0) is 92.0. The molecule has 0 spiro atoms. The van der Waals surface area contributed by atoms with Crippen LogP contribution < -0.4 is 26.7 Å². The van der Waals surface area contributed by atoms with Crippen LogP contribution in [0.3, 0.4) is 0 Å². The number of aromatic carboxylic acids is 2. The van der Waals surface area contributed by atoms with Crippen LogP contribution in [0.4, 0.5) is 0 Å². The number of nitrogens with two attached hydrogens (primary N) is 3. The molecule has 122 heavy (non-hydrogen) atoms. The lowest BCUT2D eigenvalue weighted by Gasteiger charge is -2.32. The summed E-state index contributed by atoms with van der Waals surface area (Å²) in [6.07, 6.45) is -0.136. The molecule has 8 unspecified atom stereocenters. The lowest BCUT2D eigenvalue weighted by molar-refractivity contribution is -0.201. The number of benzene rings is 4. The first-order chi connectivity index (χ1) is 58.3. The van der Waals surface area contributed by atoms with E-state index in [0.717, 1.165) is 102 Å². The lowest BCUT2D eigenvalue weighted by atomic mass is 10.0. The van der Waals surface area contributed by atoms with Crippen molar-refractivity contribution in [3.8, 4) is 17.2 Å². The Hall–Kier alpha value is -5.55. The number of aliphatic hydroxyl groups is 10. The van der Waals surface area contributed by atoms with Crippen LogP contribution in [0.5, 0.6) is 17.2 Å². The smallest absolute Gasteiger partial charge is 0.338 e. The third kappa shape index (κ3) is 61.0. The fourth-order valence-corrected chi connectivity index (χ4v) is 17.8. The zero-order valence-corrected chi connectivity index (χ0v) is 77.5. The highest BCUT2D eigenvalue weighted by atomic mass is 32.2. The van der Waals surface area contributed by atoms with Crippen molar-refractivity contribution in [2.45, 2.75) is 123 Å². The van der Waals surface area contributed by atoms with Crippen molar-refractivity contribution in [3.63, 3.8) is 0 Å². The van der Waals surface area contributed by atoms with Crippen LogP contribution in [0.2, 0.25) is 0 Å². The predicted molar refractivity (Wildman–Crippen MR) is 498 cm³/mol. The van der Waals surface area contributed by atoms with E-state index in [0.29, 0.717) is 27.8 Å². The van der Waals surface area contributed by atoms with Gasteiger partial charge in [0.1, 0.15) is 84.2 Å². The summed E-state index contributed by atoms with van der Waals surface area (Å²) in [5, 5.41) is 161. The number of pyridine rings is 2. The first-order valence-electron chi connectivity index (χ1n) is 36.7. The van der Waals surface area contributed by atoms with Crippen molar-refractivity contribution in [1.82, 2.24) is 9.97 Å². The number of hydrogen-bond acceptors (Lipinski definition) is 39. The Kier molecular flexibility index (Phi) is 74.5. The van der Waals surface area contributed by atoms with E-state index in [9.17, 15) is 54.6 Å². The van der Waals surface area contributed by atoms with Gasteiger partial charge in [0, 0.05) is 72.7 Å². The van der Waals surface area contributed by atoms with E-state index < -0.39 is 85.2 Å². The Labute approximate surface area is 762 Å². The largest absolute Gasteiger partial charge is 0.508 e. The number of ether oxygens (including phenoxy) is 2. The molecule has 1 aliphatic heterocycles. The van der Waals surface area contributed by atoms with Crippen molar-refractivity contribution >= 4 is 171 Å². The molecule has 2 aromatic heterocycles. The minimum atomic E-state index is -1.52. The fourth-order valence-electron chi connectivity index (χ4n) is 7.69. The molecular formula is C78H115N5O27S12. The van der Waals surface area contributed by atoms with Crippen molar-refractivity contribution in [2.24, 2.45) is 17.2 Å². The molecule has 0 aliphatic carbocycles. The minimum Gasteiger partial charge on any atom is -0.508 e. The standard InChI is InChI=1S/C20H26O6S2.C9H18O5S2.C9H10O2S.C8H10OS.2C7H7NO2S.C7H16OS2.C6H12N2O4S.C5H9NO4S/c21-11-15(23)13-25-17-1-5-19(6-2-17)27-9-10-28-20-7-3-18(4-8-20)26-14-16(24)12-22;10-4-5(11)6(12)7(13)8(14)9-15-2-1-3-16-9;1-2-12-8-6-4-3-5-7(8)9(10)11;1-2-10-8-5-3-7(9)4-6-8;1-11-6-5(7(9)10)3-2-4-8-6;9-7(10)5-11-6-3-1-2-4-8-6;1-3-9-5-7(8)6-10-4-2;7-1-4(12-11)2-13-3-5(8)6(9)10;1-3(10-9)11-2-4(6)5(7)8/h1-8,15-16,21-24H,9-14H2;5-14H,1-4H2;3-6H,2H2,1H3,(H,10,11);3-6,9H,2H2,1H3;2-4H,1H3,(H,9,10);1-4H,5H2,(H,9,10);7-8H,3-6H2,1-2H3;1,5,11H,2-3,7-8H2,(H,9,10);4,9H,1-2,6H2,(H,7,8)/b;;;;;;;4-1+;. The second kappa shape index (κ2) is 76.7. The Morgan fingerprint density at radius 2 is 1.02 bits per heavy atom. The molecule has 3 heterocycles. The van der Waals surface area contributed by atoms with E-state index in [4.69, 9.17) is 88.3 Å². The van der Waals surface area contributed by atoms with Crippen LogP contribution >= 0.6 is 141 Å². The zero-order valence-electron chi connectivity index (χ0n) is 67.7. The topological polar surface area (TPSA) is 590 Å². The predicted octanol–water partition coefficient (Wildman–Crippen LogP) is 9.78. The highest BCUT2D eigenvalue weighted by molar-refractivity contribution is 8.17. The molecule has 32 nitrogen and oxygen atoms in total. The normalized spacial score (nSPS) is 13.4. The molecule has 1 saturated heterocycles. The summed E-state index contributed by atoms with van der Waals surface area (Å²) < 4.78 is 10.6. The molecule has 0 saturated carbocycles. The number of phenols is 1. The van der Waals surface area contributed by atoms with Gasteiger partial charge in [-0.2, -0.15) is 35.3 Å². The number of aromatic hydroxyl groups is 1. The van der Waals surface area contributed by atoms with Gasteiger partial charge in [0.05, 0.1) is 58.2 Å². The van der Waals surface area contributed by atoms with Crippen molar-refractivity contribution in [2.75, 3.05) is 120 Å². The molecule has 0 amide bonds. The van der Waals surface area contributed by atoms with E-state index in [2.05, 4.69) is 47.1 Å². The number of carboxylic acids is 5. The number of hydrogen-bond donors (Lipinski definition) is 21. The Morgan fingerprint density at radius 3 is 1.45 bits per heavy atom. The summed E-state index contributed by atoms with van der Waals surface area (Å²) >= 11 is 18.2. The number of nitrogens with zero attached hydrogens (tertiary/aromatic N) is 2. The third-order valence-corrected chi connectivity index (χ3v) is 26.7. The van der Waals surface area contributed by atoms with Gasteiger partial charge in [-0.3, -0.25) is 14.4 Å². The molecule has 686 valence electrons. The van der Waals surface area contributed by atoms with Gasteiger partial charge >= 0.3 is 29.8 Å². The van der Waals surface area contributed by atoms with Gasteiger partial charge in [-0.25, -0.2) is 30.1 Å². The summed E-state index contributed by atoms with van der Waals surface area (Å²) in [5.74, 6) is 7.49. The number of carbonyl (C=O) groups is 5. The summed E-state index contributed by atoms with van der Waals surface area (Å²) in [6, 6.07) is 36.3. The summed E-state index contributed by atoms with van der Waals surface area (Å²) in [7, 11) is 0. The van der Waals surface area contributed by atoms with E-state index in [1.54, 1.807) is 138 Å². The van der Waals surface area contributed by atoms with Gasteiger partial charge in [0.2, 0.25) is 0 Å². The van der Waals surface area contributed by atoms with Crippen LogP contribution in [0.1, 0.15) is 54.8 Å². The van der Waals surface area contributed by atoms with Gasteiger partial charge in [-0.05, 0) is 163 Å². The fraction of sp³-hybridized carbons (Fsp3) is 0.449. The van der Waals surface area contributed by atoms with Crippen molar-refractivity contribution in [1.29, 1.82) is 0 Å². The van der Waals surface area contributed by atoms with Crippen LogP contribution in [-0.4, -0.2) is 311 Å². The Balaban J connectivity index is 0. The highest BCUT2D eigenvalue weighted by Crippen LogP contribution is 2.35. The molecule has 8 atom stereocenters. The van der Waals surface area contributed by atoms with Crippen LogP contribution in [0, 0.1) is 0 Å². The molecule has 24 N–H and O–H groups in total. The molecule has 1 fully saturated rings. The van der Waals surface area contributed by atoms with Gasteiger partial charge < -0.3 is 118 Å². The van der Waals surface area contributed by atoms with Gasteiger partial charge in [0.15, 0.2) is 10.9 Å². The molecule has 7 rings (SSSR count). The van der Waals surface area contributed by atoms with E-state index in [1.807, 2.05) is 85.8 Å². The number of rotatable bonds is 45. The number of aromatic nitrogens is 2. The number of aliphatic hydroxyl groups excluding tert-OH is 10. The number of carboxylic acid groups (broad SMARTS) is 5. The van der Waals surface area contributed by atoms with Crippen LogP contribution in [0.15, 0.2) is 193 Å². The maximum atomic E-state index is 10.7.